The highest BCUT2D eigenvalue weighted by Crippen LogP contribution is 2.35. The zero-order valence-electron chi connectivity index (χ0n) is 9.48. The van der Waals surface area contributed by atoms with E-state index in [-0.39, 0.29) is 0 Å². The van der Waals surface area contributed by atoms with Crippen LogP contribution in [0.1, 0.15) is 33.1 Å². The predicted molar refractivity (Wildman–Crippen MR) is 64.0 cm³/mol. The minimum atomic E-state index is -0.889. The molecule has 0 amide bonds. The summed E-state index contributed by atoms with van der Waals surface area (Å²) in [5.74, 6) is 1.23. The molecule has 3 N–H and O–H groups in total. The van der Waals surface area contributed by atoms with Gasteiger partial charge >= 0.3 is 5.97 Å². The molecule has 1 aliphatic carbocycles. The van der Waals surface area contributed by atoms with Crippen LogP contribution in [0.2, 0.25) is 0 Å². The van der Waals surface area contributed by atoms with Crippen molar-refractivity contribution in [3.05, 3.63) is 0 Å². The Morgan fingerprint density at radius 1 is 1.47 bits per heavy atom. The van der Waals surface area contributed by atoms with Crippen molar-refractivity contribution in [3.8, 4) is 0 Å². The number of carbonyl (C=O) groups is 1. The van der Waals surface area contributed by atoms with Crippen LogP contribution in [0.4, 0.5) is 0 Å². The lowest BCUT2D eigenvalue weighted by molar-refractivity contribution is -0.137. The van der Waals surface area contributed by atoms with Gasteiger partial charge in [0.1, 0.15) is 6.04 Å². The average molecular weight is 231 g/mol. The highest BCUT2D eigenvalue weighted by Gasteiger charge is 2.25. The molecule has 0 aromatic rings. The molecule has 1 saturated carbocycles. The van der Waals surface area contributed by atoms with Crippen molar-refractivity contribution < 1.29 is 9.90 Å². The second kappa shape index (κ2) is 5.75. The predicted octanol–water partition coefficient (Wildman–Crippen LogP) is 1.96. The molecule has 3 nitrogen and oxygen atoms in total. The van der Waals surface area contributed by atoms with Gasteiger partial charge in [-0.2, -0.15) is 11.8 Å². The molecule has 0 radical (unpaired) electrons. The minimum absolute atomic E-state index is 0.543. The standard InChI is InChI=1S/C11H21NO2S/c1-7-3-4-9(5-8(7)2)15-6-10(12)11(13)14/h7-10H,3-6,12H2,1-2H3,(H,13,14). The third-order valence-corrected chi connectivity index (χ3v) is 4.83. The van der Waals surface area contributed by atoms with Crippen LogP contribution < -0.4 is 5.73 Å². The molecule has 0 aromatic carbocycles. The first-order valence-corrected chi connectivity index (χ1v) is 6.65. The van der Waals surface area contributed by atoms with Crippen molar-refractivity contribution >= 4 is 17.7 Å². The quantitative estimate of drug-likeness (QED) is 0.776. The fourth-order valence-corrected chi connectivity index (χ4v) is 3.33. The summed E-state index contributed by atoms with van der Waals surface area (Å²) in [6.07, 6.45) is 3.68. The summed E-state index contributed by atoms with van der Waals surface area (Å²) >= 11 is 1.73. The van der Waals surface area contributed by atoms with E-state index in [9.17, 15) is 4.79 Å². The molecule has 0 aliphatic heterocycles. The maximum absolute atomic E-state index is 10.6. The number of hydrogen-bond donors (Lipinski definition) is 2. The zero-order valence-corrected chi connectivity index (χ0v) is 10.3. The molecular formula is C11H21NO2S. The van der Waals surface area contributed by atoms with E-state index in [1.807, 2.05) is 0 Å². The van der Waals surface area contributed by atoms with Gasteiger partial charge in [0.15, 0.2) is 0 Å². The van der Waals surface area contributed by atoms with Crippen molar-refractivity contribution in [1.29, 1.82) is 0 Å². The molecule has 0 heterocycles. The Hall–Kier alpha value is -0.220. The van der Waals surface area contributed by atoms with Crippen molar-refractivity contribution in [2.45, 2.75) is 44.4 Å². The van der Waals surface area contributed by atoms with E-state index < -0.39 is 12.0 Å². The molecule has 0 bridgehead atoms. The Morgan fingerprint density at radius 3 is 2.67 bits per heavy atom. The van der Waals surface area contributed by atoms with Crippen molar-refractivity contribution in [2.24, 2.45) is 17.6 Å². The Kier molecular flexibility index (Phi) is 4.93. The Balaban J connectivity index is 2.25. The van der Waals surface area contributed by atoms with Gasteiger partial charge in [0, 0.05) is 11.0 Å². The number of carboxylic acid groups (broad SMARTS) is 1. The normalized spacial score (nSPS) is 33.7. The van der Waals surface area contributed by atoms with Gasteiger partial charge in [-0.15, -0.1) is 0 Å². The first kappa shape index (κ1) is 12.8. The molecule has 4 unspecified atom stereocenters. The summed E-state index contributed by atoms with van der Waals surface area (Å²) in [5.41, 5.74) is 5.48. The van der Waals surface area contributed by atoms with E-state index >= 15 is 0 Å². The van der Waals surface area contributed by atoms with Crippen LogP contribution in [-0.2, 0) is 4.79 Å². The van der Waals surface area contributed by atoms with Crippen molar-refractivity contribution in [1.82, 2.24) is 0 Å². The molecule has 88 valence electrons. The van der Waals surface area contributed by atoms with Crippen LogP contribution in [0.15, 0.2) is 0 Å². The van der Waals surface area contributed by atoms with Gasteiger partial charge in [0.2, 0.25) is 0 Å². The molecule has 4 heteroatoms. The number of nitrogens with two attached hydrogens (primary N) is 1. The fraction of sp³-hybridized carbons (Fsp3) is 0.909. The molecule has 1 fully saturated rings. The maximum Gasteiger partial charge on any atom is 0.321 e. The van der Waals surface area contributed by atoms with Gasteiger partial charge in [0.25, 0.3) is 0 Å². The highest BCUT2D eigenvalue weighted by atomic mass is 32.2. The van der Waals surface area contributed by atoms with Gasteiger partial charge in [-0.25, -0.2) is 0 Å². The molecule has 4 atom stereocenters. The van der Waals surface area contributed by atoms with Gasteiger partial charge in [-0.05, 0) is 31.1 Å². The molecule has 1 aliphatic rings. The van der Waals surface area contributed by atoms with Gasteiger partial charge in [-0.3, -0.25) is 4.79 Å². The van der Waals surface area contributed by atoms with E-state index in [1.165, 1.54) is 19.3 Å². The maximum atomic E-state index is 10.6. The number of carboxylic acids is 1. The lowest BCUT2D eigenvalue weighted by atomic mass is 9.81. The summed E-state index contributed by atoms with van der Waals surface area (Å²) in [6, 6.07) is -0.704. The van der Waals surface area contributed by atoms with E-state index in [2.05, 4.69) is 13.8 Å². The van der Waals surface area contributed by atoms with Crippen LogP contribution >= 0.6 is 11.8 Å². The Morgan fingerprint density at radius 2 is 2.13 bits per heavy atom. The fourth-order valence-electron chi connectivity index (χ4n) is 1.96. The van der Waals surface area contributed by atoms with Crippen LogP contribution in [-0.4, -0.2) is 28.1 Å². The lowest BCUT2D eigenvalue weighted by Gasteiger charge is -2.31. The van der Waals surface area contributed by atoms with E-state index in [4.69, 9.17) is 10.8 Å². The van der Waals surface area contributed by atoms with E-state index in [0.29, 0.717) is 11.0 Å². The number of aliphatic carboxylic acids is 1. The van der Waals surface area contributed by atoms with E-state index in [1.54, 1.807) is 11.8 Å². The Bertz CT molecular complexity index is 223. The Labute approximate surface area is 95.8 Å². The topological polar surface area (TPSA) is 63.3 Å². The van der Waals surface area contributed by atoms with Gasteiger partial charge in [-0.1, -0.05) is 13.8 Å². The molecular weight excluding hydrogens is 210 g/mol. The third kappa shape index (κ3) is 4.03. The van der Waals surface area contributed by atoms with Crippen molar-refractivity contribution in [3.63, 3.8) is 0 Å². The summed E-state index contributed by atoms with van der Waals surface area (Å²) in [5, 5.41) is 9.28. The second-order valence-electron chi connectivity index (χ2n) is 4.67. The summed E-state index contributed by atoms with van der Waals surface area (Å²) < 4.78 is 0. The minimum Gasteiger partial charge on any atom is -0.480 e. The smallest absolute Gasteiger partial charge is 0.321 e. The van der Waals surface area contributed by atoms with Crippen LogP contribution in [0.3, 0.4) is 0 Å². The third-order valence-electron chi connectivity index (χ3n) is 3.38. The summed E-state index contributed by atoms with van der Waals surface area (Å²) in [4.78, 5) is 10.6. The number of thioether (sulfide) groups is 1. The molecule has 15 heavy (non-hydrogen) atoms. The van der Waals surface area contributed by atoms with Crippen LogP contribution in [0.25, 0.3) is 0 Å². The largest absolute Gasteiger partial charge is 0.480 e. The highest BCUT2D eigenvalue weighted by molar-refractivity contribution is 7.99. The van der Waals surface area contributed by atoms with Gasteiger partial charge in [0.05, 0.1) is 0 Å². The molecule has 1 rings (SSSR count). The lowest BCUT2D eigenvalue weighted by Crippen LogP contribution is -2.34. The zero-order chi connectivity index (χ0) is 11.4. The monoisotopic (exact) mass is 231 g/mol. The summed E-state index contributed by atoms with van der Waals surface area (Å²) in [6.45, 7) is 4.59. The first-order chi connectivity index (χ1) is 7.00. The second-order valence-corrected chi connectivity index (χ2v) is 6.00. The molecule has 0 aromatic heterocycles. The van der Waals surface area contributed by atoms with Crippen molar-refractivity contribution in [2.75, 3.05) is 5.75 Å². The number of hydrogen-bond acceptors (Lipinski definition) is 3. The van der Waals surface area contributed by atoms with E-state index in [0.717, 1.165) is 11.8 Å². The first-order valence-electron chi connectivity index (χ1n) is 5.60. The van der Waals surface area contributed by atoms with Crippen LogP contribution in [0, 0.1) is 11.8 Å². The molecule has 0 spiro atoms. The van der Waals surface area contributed by atoms with Gasteiger partial charge < -0.3 is 10.8 Å². The molecule has 0 saturated heterocycles. The van der Waals surface area contributed by atoms with Crippen LogP contribution in [0.5, 0.6) is 0 Å². The number of rotatable bonds is 4. The summed E-state index contributed by atoms with van der Waals surface area (Å²) in [7, 11) is 0. The SMILES string of the molecule is CC1CCC(SCC(N)C(=O)O)CC1C. The average Bonchev–Trinajstić information content (AvgIpc) is 2.19.